The smallest absolute Gasteiger partial charge is 0.269 e. The molecule has 1 aliphatic rings. The van der Waals surface area contributed by atoms with E-state index >= 15 is 0 Å². The van der Waals surface area contributed by atoms with E-state index in [0.29, 0.717) is 22.5 Å². The molecule has 36 heavy (non-hydrogen) atoms. The van der Waals surface area contributed by atoms with Gasteiger partial charge in [-0.2, -0.15) is 0 Å². The van der Waals surface area contributed by atoms with E-state index in [2.05, 4.69) is 20.2 Å². The van der Waals surface area contributed by atoms with Crippen LogP contribution in [-0.2, 0) is 16.4 Å². The van der Waals surface area contributed by atoms with E-state index in [1.807, 2.05) is 38.2 Å². The van der Waals surface area contributed by atoms with Crippen LogP contribution < -0.4 is 5.32 Å². The van der Waals surface area contributed by atoms with Crippen molar-refractivity contribution < 1.29 is 13.2 Å². The second-order valence-corrected chi connectivity index (χ2v) is 11.7. The van der Waals surface area contributed by atoms with Crippen molar-refractivity contribution in [1.82, 2.24) is 20.2 Å². The number of carbonyl (C=O) groups excluding carboxylic acids is 1. The maximum absolute atomic E-state index is 13.9. The number of aryl methyl sites for hydroxylation is 2. The molecule has 0 aliphatic carbocycles. The number of aromatic nitrogens is 2. The molecular weight excluding hydrogens is 496 g/mol. The van der Waals surface area contributed by atoms with Gasteiger partial charge in [-0.05, 0) is 73.4 Å². The van der Waals surface area contributed by atoms with Crippen LogP contribution >= 0.6 is 11.6 Å². The summed E-state index contributed by atoms with van der Waals surface area (Å²) >= 11 is 6.23. The van der Waals surface area contributed by atoms with Crippen LogP contribution in [0.5, 0.6) is 0 Å². The Kier molecular flexibility index (Phi) is 6.59. The van der Waals surface area contributed by atoms with Crippen LogP contribution in [-0.4, -0.2) is 48.3 Å². The van der Waals surface area contributed by atoms with Gasteiger partial charge in [-0.25, -0.2) is 8.42 Å². The number of benzene rings is 2. The molecule has 1 atom stereocenters. The number of likely N-dealkylation sites (tertiary alicyclic amines) is 1. The van der Waals surface area contributed by atoms with Gasteiger partial charge in [0, 0.05) is 54.0 Å². The minimum atomic E-state index is -4.01. The first-order valence-corrected chi connectivity index (χ1v) is 13.6. The van der Waals surface area contributed by atoms with Gasteiger partial charge in [-0.3, -0.25) is 14.7 Å². The molecule has 0 saturated carbocycles. The number of fused-ring (bicyclic) bond motifs is 1. The molecular formula is C27H27ClN4O3S. The Morgan fingerprint density at radius 2 is 1.94 bits per heavy atom. The molecule has 186 valence electrons. The monoisotopic (exact) mass is 522 g/mol. The maximum Gasteiger partial charge on any atom is 0.269 e. The zero-order valence-corrected chi connectivity index (χ0v) is 21.7. The van der Waals surface area contributed by atoms with Crippen molar-refractivity contribution in [1.29, 1.82) is 0 Å². The van der Waals surface area contributed by atoms with Crippen molar-refractivity contribution >= 4 is 38.2 Å². The first kappa shape index (κ1) is 24.5. The number of halogens is 1. The van der Waals surface area contributed by atoms with Crippen LogP contribution in [0.25, 0.3) is 10.9 Å². The Balaban J connectivity index is 1.46. The molecule has 0 unspecified atom stereocenters. The SMILES string of the molecule is Cc1cc(C)cc(S(=O)(=O)c2c(C(=O)N[C@@H]3CCN(Cc4cccnc4)C3)[nH]c3ccc(Cl)cc23)c1. The molecule has 3 heterocycles. The zero-order valence-electron chi connectivity index (χ0n) is 20.1. The molecule has 0 radical (unpaired) electrons. The normalized spacial score (nSPS) is 16.5. The first-order chi connectivity index (χ1) is 17.2. The molecule has 2 aromatic carbocycles. The van der Waals surface area contributed by atoms with Gasteiger partial charge in [-0.15, -0.1) is 0 Å². The Labute approximate surface area is 215 Å². The predicted molar refractivity (Wildman–Crippen MR) is 140 cm³/mol. The number of rotatable bonds is 6. The number of hydrogen-bond donors (Lipinski definition) is 2. The number of carbonyl (C=O) groups is 1. The number of aromatic amines is 1. The van der Waals surface area contributed by atoms with Crippen LogP contribution in [0.2, 0.25) is 5.02 Å². The van der Waals surface area contributed by atoms with E-state index < -0.39 is 15.7 Å². The maximum atomic E-state index is 13.9. The third-order valence-electron chi connectivity index (χ3n) is 6.45. The number of sulfone groups is 1. The number of amides is 1. The van der Waals surface area contributed by atoms with E-state index in [9.17, 15) is 13.2 Å². The van der Waals surface area contributed by atoms with Crippen molar-refractivity contribution in [2.45, 2.75) is 42.6 Å². The van der Waals surface area contributed by atoms with Crippen molar-refractivity contribution in [3.05, 3.63) is 88.3 Å². The Bertz CT molecular complexity index is 1530. The molecule has 2 aromatic heterocycles. The second kappa shape index (κ2) is 9.69. The Hall–Kier alpha value is -3.20. The van der Waals surface area contributed by atoms with E-state index in [4.69, 9.17) is 11.6 Å². The summed E-state index contributed by atoms with van der Waals surface area (Å²) < 4.78 is 27.8. The summed E-state index contributed by atoms with van der Waals surface area (Å²) in [5, 5.41) is 3.84. The van der Waals surface area contributed by atoms with Gasteiger partial charge in [0.25, 0.3) is 5.91 Å². The molecule has 1 saturated heterocycles. The van der Waals surface area contributed by atoms with Crippen LogP contribution in [0.4, 0.5) is 0 Å². The van der Waals surface area contributed by atoms with Crippen LogP contribution in [0, 0.1) is 13.8 Å². The molecule has 1 amide bonds. The molecule has 0 bridgehead atoms. The number of nitrogens with one attached hydrogen (secondary N) is 2. The van der Waals surface area contributed by atoms with Crippen molar-refractivity contribution in [3.8, 4) is 0 Å². The summed E-state index contributed by atoms with van der Waals surface area (Å²) in [5.41, 5.74) is 3.34. The lowest BCUT2D eigenvalue weighted by atomic mass is 10.2. The van der Waals surface area contributed by atoms with E-state index in [0.717, 1.165) is 36.2 Å². The highest BCUT2D eigenvalue weighted by Gasteiger charge is 2.32. The molecule has 4 aromatic rings. The fraction of sp³-hybridized carbons (Fsp3) is 0.259. The lowest BCUT2D eigenvalue weighted by Gasteiger charge is -2.17. The number of hydrogen-bond acceptors (Lipinski definition) is 5. The van der Waals surface area contributed by atoms with Crippen molar-refractivity contribution in [2.24, 2.45) is 0 Å². The summed E-state index contributed by atoms with van der Waals surface area (Å²) in [6.07, 6.45) is 4.36. The molecule has 1 fully saturated rings. The van der Waals surface area contributed by atoms with Crippen LogP contribution in [0.3, 0.4) is 0 Å². The highest BCUT2D eigenvalue weighted by atomic mass is 35.5. The fourth-order valence-corrected chi connectivity index (χ4v) is 6.85. The van der Waals surface area contributed by atoms with Gasteiger partial charge in [-0.1, -0.05) is 23.7 Å². The summed E-state index contributed by atoms with van der Waals surface area (Å²) in [6, 6.07) is 14.0. The summed E-state index contributed by atoms with van der Waals surface area (Å²) in [4.78, 5) is 23.0. The number of H-pyrrole nitrogens is 1. The second-order valence-electron chi connectivity index (χ2n) is 9.40. The largest absolute Gasteiger partial charge is 0.349 e. The topological polar surface area (TPSA) is 95.2 Å². The quantitative estimate of drug-likeness (QED) is 0.383. The lowest BCUT2D eigenvalue weighted by molar-refractivity contribution is 0.0930. The molecule has 0 spiro atoms. The number of pyridine rings is 1. The van der Waals surface area contributed by atoms with Gasteiger partial charge in [0.05, 0.1) is 4.90 Å². The average molecular weight is 523 g/mol. The molecule has 1 aliphatic heterocycles. The van der Waals surface area contributed by atoms with Gasteiger partial charge < -0.3 is 10.3 Å². The fourth-order valence-electron chi connectivity index (χ4n) is 4.89. The molecule has 7 nitrogen and oxygen atoms in total. The third kappa shape index (κ3) is 4.89. The van der Waals surface area contributed by atoms with Gasteiger partial charge in [0.2, 0.25) is 9.84 Å². The van der Waals surface area contributed by atoms with Gasteiger partial charge in [0.15, 0.2) is 0 Å². The van der Waals surface area contributed by atoms with Crippen LogP contribution in [0.15, 0.2) is 70.7 Å². The van der Waals surface area contributed by atoms with E-state index in [1.165, 1.54) is 0 Å². The van der Waals surface area contributed by atoms with Gasteiger partial charge >= 0.3 is 0 Å². The summed E-state index contributed by atoms with van der Waals surface area (Å²) in [7, 11) is -4.01. The predicted octanol–water partition coefficient (Wildman–Crippen LogP) is 4.67. The standard InChI is InChI=1S/C27H27ClN4O3S/c1-17-10-18(2)12-22(11-17)36(34,35)26-23-13-20(28)5-6-24(23)31-25(26)27(33)30-21-7-9-32(16-21)15-19-4-3-8-29-14-19/h3-6,8,10-14,21,31H,7,9,15-16H2,1-2H3,(H,30,33)/t21-/m1/s1. The Morgan fingerprint density at radius 1 is 1.17 bits per heavy atom. The first-order valence-electron chi connectivity index (χ1n) is 11.8. The molecule has 2 N–H and O–H groups in total. The highest BCUT2D eigenvalue weighted by molar-refractivity contribution is 7.91. The minimum absolute atomic E-state index is 0.0251. The van der Waals surface area contributed by atoms with E-state index in [-0.39, 0.29) is 21.5 Å². The summed E-state index contributed by atoms with van der Waals surface area (Å²) in [6.45, 7) is 5.95. The van der Waals surface area contributed by atoms with E-state index in [1.54, 1.807) is 36.5 Å². The van der Waals surface area contributed by atoms with Crippen molar-refractivity contribution in [2.75, 3.05) is 13.1 Å². The minimum Gasteiger partial charge on any atom is -0.349 e. The third-order valence-corrected chi connectivity index (χ3v) is 8.50. The zero-order chi connectivity index (χ0) is 25.4. The summed E-state index contributed by atoms with van der Waals surface area (Å²) in [5.74, 6) is -0.446. The van der Waals surface area contributed by atoms with Crippen LogP contribution in [0.1, 0.15) is 33.6 Å². The number of nitrogens with zero attached hydrogens (tertiary/aromatic N) is 2. The Morgan fingerprint density at radius 3 is 2.67 bits per heavy atom. The molecule has 9 heteroatoms. The van der Waals surface area contributed by atoms with Crippen molar-refractivity contribution in [3.63, 3.8) is 0 Å². The lowest BCUT2D eigenvalue weighted by Crippen LogP contribution is -2.37. The van der Waals surface area contributed by atoms with Gasteiger partial charge in [0.1, 0.15) is 10.6 Å². The highest BCUT2D eigenvalue weighted by Crippen LogP contribution is 2.34. The average Bonchev–Trinajstić information content (AvgIpc) is 3.43. The molecule has 5 rings (SSSR count).